The van der Waals surface area contributed by atoms with Gasteiger partial charge in [0.05, 0.1) is 5.92 Å². The predicted molar refractivity (Wildman–Crippen MR) is 82.7 cm³/mol. The van der Waals surface area contributed by atoms with Crippen LogP contribution < -0.4 is 5.32 Å². The Balaban J connectivity index is 2.01. The van der Waals surface area contributed by atoms with Gasteiger partial charge in [0, 0.05) is 11.4 Å². The van der Waals surface area contributed by atoms with E-state index in [1.54, 1.807) is 0 Å². The molecule has 0 fully saturated rings. The van der Waals surface area contributed by atoms with Gasteiger partial charge < -0.3 is 5.32 Å². The number of amides is 1. The molecule has 0 heterocycles. The van der Waals surface area contributed by atoms with Crippen molar-refractivity contribution in [3.05, 3.63) is 35.4 Å². The first-order valence-corrected chi connectivity index (χ1v) is 8.00. The van der Waals surface area contributed by atoms with Crippen LogP contribution in [0, 0.1) is 5.92 Å². The van der Waals surface area contributed by atoms with E-state index < -0.39 is 0 Å². The molecule has 0 saturated carbocycles. The van der Waals surface area contributed by atoms with Gasteiger partial charge in [-0.15, -0.1) is 0 Å². The van der Waals surface area contributed by atoms with Crippen LogP contribution in [0.15, 0.2) is 24.3 Å². The maximum atomic E-state index is 12.4. The molecule has 1 aromatic rings. The average Bonchev–Trinajstić information content (AvgIpc) is 2.43. The number of hydrogen-bond acceptors (Lipinski definition) is 1. The Morgan fingerprint density at radius 2 is 2.16 bits per heavy atom. The highest BCUT2D eigenvalue weighted by Crippen LogP contribution is 2.31. The zero-order valence-electron chi connectivity index (χ0n) is 11.7. The number of benzene rings is 1. The van der Waals surface area contributed by atoms with Crippen LogP contribution in [-0.2, 0) is 11.2 Å². The fourth-order valence-electron chi connectivity index (χ4n) is 2.58. The van der Waals surface area contributed by atoms with Gasteiger partial charge in [0.2, 0.25) is 5.91 Å². The summed E-state index contributed by atoms with van der Waals surface area (Å²) >= 11 is 3.61. The Morgan fingerprint density at radius 1 is 1.42 bits per heavy atom. The smallest absolute Gasteiger partial charge is 0.227 e. The highest BCUT2D eigenvalue weighted by Gasteiger charge is 2.26. The van der Waals surface area contributed by atoms with Crippen molar-refractivity contribution in [2.45, 2.75) is 43.9 Å². The minimum atomic E-state index is 0.0387. The van der Waals surface area contributed by atoms with Crippen LogP contribution in [-0.4, -0.2) is 17.3 Å². The molecule has 19 heavy (non-hydrogen) atoms. The molecule has 0 aliphatic heterocycles. The summed E-state index contributed by atoms with van der Waals surface area (Å²) in [5, 5.41) is 3.09. The zero-order valence-corrected chi connectivity index (χ0v) is 13.2. The van der Waals surface area contributed by atoms with E-state index in [2.05, 4.69) is 53.3 Å². The lowest BCUT2D eigenvalue weighted by Gasteiger charge is -2.25. The number of nitrogens with one attached hydrogen (secondary N) is 1. The molecular weight excluding hydrogens is 302 g/mol. The zero-order chi connectivity index (χ0) is 13.8. The average molecular weight is 324 g/mol. The van der Waals surface area contributed by atoms with Gasteiger partial charge in [-0.3, -0.25) is 4.79 Å². The molecule has 1 aliphatic carbocycles. The van der Waals surface area contributed by atoms with Crippen LogP contribution >= 0.6 is 15.9 Å². The molecule has 0 bridgehead atoms. The number of carbonyl (C=O) groups is 1. The standard InChI is InChI=1S/C16H22BrNO/c1-11(2)15(17)10-18-16(19)14-9-5-7-12-6-3-4-8-13(12)14/h3-4,6,8,11,14-15H,5,7,9-10H2,1-2H3,(H,18,19). The van der Waals surface area contributed by atoms with Gasteiger partial charge in [0.25, 0.3) is 0 Å². The molecule has 1 aliphatic rings. The number of rotatable bonds is 4. The largest absolute Gasteiger partial charge is 0.354 e. The Hall–Kier alpha value is -0.830. The van der Waals surface area contributed by atoms with Crippen molar-refractivity contribution in [2.24, 2.45) is 5.92 Å². The van der Waals surface area contributed by atoms with Crippen LogP contribution in [0.5, 0.6) is 0 Å². The van der Waals surface area contributed by atoms with Crippen LogP contribution in [0.25, 0.3) is 0 Å². The summed E-state index contributed by atoms with van der Waals surface area (Å²) in [6, 6.07) is 8.35. The first-order chi connectivity index (χ1) is 9.09. The van der Waals surface area contributed by atoms with Crippen molar-refractivity contribution < 1.29 is 4.79 Å². The van der Waals surface area contributed by atoms with Gasteiger partial charge in [-0.05, 0) is 36.3 Å². The number of hydrogen-bond donors (Lipinski definition) is 1. The summed E-state index contributed by atoms with van der Waals surface area (Å²) in [6.45, 7) is 5.01. The second-order valence-electron chi connectivity index (χ2n) is 5.65. The molecule has 3 heteroatoms. The van der Waals surface area contributed by atoms with E-state index in [9.17, 15) is 4.79 Å². The highest BCUT2D eigenvalue weighted by molar-refractivity contribution is 9.09. The highest BCUT2D eigenvalue weighted by atomic mass is 79.9. The molecule has 2 unspecified atom stereocenters. The molecule has 0 saturated heterocycles. The minimum Gasteiger partial charge on any atom is -0.354 e. The SMILES string of the molecule is CC(C)C(Br)CNC(=O)C1CCCc2ccccc21. The van der Waals surface area contributed by atoms with Crippen molar-refractivity contribution in [3.8, 4) is 0 Å². The molecule has 1 amide bonds. The monoisotopic (exact) mass is 323 g/mol. The molecule has 1 N–H and O–H groups in total. The van der Waals surface area contributed by atoms with Gasteiger partial charge in [-0.25, -0.2) is 0 Å². The molecule has 2 rings (SSSR count). The fourth-order valence-corrected chi connectivity index (χ4v) is 2.75. The quantitative estimate of drug-likeness (QED) is 0.842. The van der Waals surface area contributed by atoms with Gasteiger partial charge in [0.1, 0.15) is 0 Å². The molecule has 0 spiro atoms. The Kier molecular flexibility index (Phi) is 5.03. The number of halogens is 1. The third kappa shape index (κ3) is 3.59. The molecule has 104 valence electrons. The second-order valence-corrected chi connectivity index (χ2v) is 6.82. The lowest BCUT2D eigenvalue weighted by molar-refractivity contribution is -0.122. The number of aryl methyl sites for hydroxylation is 1. The third-order valence-electron chi connectivity index (χ3n) is 3.88. The third-order valence-corrected chi connectivity index (χ3v) is 5.26. The van der Waals surface area contributed by atoms with Crippen LogP contribution in [0.3, 0.4) is 0 Å². The van der Waals surface area contributed by atoms with E-state index in [-0.39, 0.29) is 11.8 Å². The normalized spacial score (nSPS) is 19.9. The van der Waals surface area contributed by atoms with Crippen molar-refractivity contribution in [2.75, 3.05) is 6.54 Å². The van der Waals surface area contributed by atoms with E-state index in [4.69, 9.17) is 0 Å². The van der Waals surface area contributed by atoms with Gasteiger partial charge in [-0.1, -0.05) is 54.0 Å². The van der Waals surface area contributed by atoms with Gasteiger partial charge >= 0.3 is 0 Å². The summed E-state index contributed by atoms with van der Waals surface area (Å²) in [7, 11) is 0. The van der Waals surface area contributed by atoms with Crippen molar-refractivity contribution >= 4 is 21.8 Å². The summed E-state index contributed by atoms with van der Waals surface area (Å²) in [5.74, 6) is 0.744. The number of carbonyl (C=O) groups excluding carboxylic acids is 1. The van der Waals surface area contributed by atoms with Crippen molar-refractivity contribution in [1.29, 1.82) is 0 Å². The molecule has 2 atom stereocenters. The maximum Gasteiger partial charge on any atom is 0.227 e. The Labute approximate surface area is 124 Å². The number of alkyl halides is 1. The van der Waals surface area contributed by atoms with Gasteiger partial charge in [-0.2, -0.15) is 0 Å². The van der Waals surface area contributed by atoms with E-state index >= 15 is 0 Å². The molecule has 0 aromatic heterocycles. The summed E-state index contributed by atoms with van der Waals surface area (Å²) in [6.07, 6.45) is 3.18. The lowest BCUT2D eigenvalue weighted by Crippen LogP contribution is -2.36. The van der Waals surface area contributed by atoms with E-state index in [0.29, 0.717) is 17.3 Å². The summed E-state index contributed by atoms with van der Waals surface area (Å²) < 4.78 is 0. The fraction of sp³-hybridized carbons (Fsp3) is 0.562. The van der Waals surface area contributed by atoms with Crippen molar-refractivity contribution in [3.63, 3.8) is 0 Å². The molecule has 1 aromatic carbocycles. The molecule has 2 nitrogen and oxygen atoms in total. The topological polar surface area (TPSA) is 29.1 Å². The van der Waals surface area contributed by atoms with Crippen LogP contribution in [0.2, 0.25) is 0 Å². The lowest BCUT2D eigenvalue weighted by atomic mass is 9.82. The van der Waals surface area contributed by atoms with Crippen LogP contribution in [0.4, 0.5) is 0 Å². The maximum absolute atomic E-state index is 12.4. The second kappa shape index (κ2) is 6.56. The first kappa shape index (κ1) is 14.6. The molecule has 0 radical (unpaired) electrons. The molecular formula is C16H22BrNO. The minimum absolute atomic E-state index is 0.0387. The van der Waals surface area contributed by atoms with Crippen LogP contribution in [0.1, 0.15) is 43.7 Å². The Bertz CT molecular complexity index is 444. The predicted octanol–water partition coefficient (Wildman–Crippen LogP) is 3.64. The van der Waals surface area contributed by atoms with E-state index in [1.807, 2.05) is 6.07 Å². The summed E-state index contributed by atoms with van der Waals surface area (Å²) in [5.41, 5.74) is 2.56. The number of fused-ring (bicyclic) bond motifs is 1. The van der Waals surface area contributed by atoms with E-state index in [0.717, 1.165) is 19.3 Å². The Morgan fingerprint density at radius 3 is 2.89 bits per heavy atom. The summed E-state index contributed by atoms with van der Waals surface area (Å²) in [4.78, 5) is 12.7. The van der Waals surface area contributed by atoms with Crippen molar-refractivity contribution in [1.82, 2.24) is 5.32 Å². The van der Waals surface area contributed by atoms with Gasteiger partial charge in [0.15, 0.2) is 0 Å². The first-order valence-electron chi connectivity index (χ1n) is 7.09. The van der Waals surface area contributed by atoms with E-state index in [1.165, 1.54) is 11.1 Å².